The molecule has 0 unspecified atom stereocenters. The number of barbiturate groups is 1. The lowest BCUT2D eigenvalue weighted by Crippen LogP contribution is -2.65. The van der Waals surface area contributed by atoms with E-state index in [0.29, 0.717) is 12.0 Å². The number of amides is 4. The average Bonchev–Trinajstić information content (AvgIpc) is 2.87. The van der Waals surface area contributed by atoms with Gasteiger partial charge in [0.15, 0.2) is 5.41 Å². The third kappa shape index (κ3) is 1.65. The van der Waals surface area contributed by atoms with Gasteiger partial charge in [0.05, 0.1) is 0 Å². The van der Waals surface area contributed by atoms with Crippen LogP contribution < -0.4 is 0 Å². The highest BCUT2D eigenvalue weighted by molar-refractivity contribution is 6.27. The number of carbonyl (C=O) groups is 3. The molecule has 0 aromatic heterocycles. The minimum absolute atomic E-state index is 0.446. The first-order valence-electron chi connectivity index (χ1n) is 7.85. The maximum absolute atomic E-state index is 13.1. The zero-order valence-electron chi connectivity index (χ0n) is 13.8. The molecule has 3 rings (SSSR count). The molecular formula is C18H20N2O3. The van der Waals surface area contributed by atoms with E-state index in [-0.39, 0.29) is 0 Å². The molecule has 4 amide bonds. The van der Waals surface area contributed by atoms with Gasteiger partial charge < -0.3 is 0 Å². The number of allylic oxidation sites excluding steroid dienone is 1. The van der Waals surface area contributed by atoms with E-state index in [9.17, 15) is 14.4 Å². The summed E-state index contributed by atoms with van der Waals surface area (Å²) in [7, 11) is 2.88. The molecule has 0 radical (unpaired) electrons. The molecule has 2 aliphatic rings. The van der Waals surface area contributed by atoms with Gasteiger partial charge in [-0.15, -0.1) is 0 Å². The van der Waals surface area contributed by atoms with Crippen molar-refractivity contribution in [2.75, 3.05) is 14.1 Å². The Morgan fingerprint density at radius 2 is 1.48 bits per heavy atom. The Labute approximate surface area is 135 Å². The second kappa shape index (κ2) is 5.05. The van der Waals surface area contributed by atoms with E-state index in [2.05, 4.69) is 0 Å². The predicted octanol–water partition coefficient (Wildman–Crippen LogP) is 2.56. The van der Waals surface area contributed by atoms with Crippen LogP contribution in [0.15, 0.2) is 29.8 Å². The Morgan fingerprint density at radius 3 is 2.00 bits per heavy atom. The van der Waals surface area contributed by atoms with Crippen molar-refractivity contribution < 1.29 is 14.4 Å². The summed E-state index contributed by atoms with van der Waals surface area (Å²) < 4.78 is 0. The molecule has 1 aromatic rings. The number of likely N-dealkylation sites (N-methyl/N-ethyl adjacent to an activating group) is 2. The van der Waals surface area contributed by atoms with Crippen LogP contribution in [0, 0.1) is 0 Å². The lowest BCUT2D eigenvalue weighted by molar-refractivity contribution is -0.148. The number of benzene rings is 1. The van der Waals surface area contributed by atoms with Crippen LogP contribution in [0.3, 0.4) is 0 Å². The minimum Gasteiger partial charge on any atom is -0.272 e. The molecule has 1 fully saturated rings. The fourth-order valence-electron chi connectivity index (χ4n) is 3.99. The number of hydrogen-bond donors (Lipinski definition) is 0. The van der Waals surface area contributed by atoms with E-state index in [1.807, 2.05) is 38.1 Å². The van der Waals surface area contributed by atoms with Crippen molar-refractivity contribution in [2.45, 2.75) is 32.1 Å². The van der Waals surface area contributed by atoms with Gasteiger partial charge in [-0.1, -0.05) is 38.1 Å². The van der Waals surface area contributed by atoms with E-state index >= 15 is 0 Å². The van der Waals surface area contributed by atoms with Crippen LogP contribution in [0.2, 0.25) is 0 Å². The van der Waals surface area contributed by atoms with Gasteiger partial charge in [0.25, 0.3) is 11.8 Å². The largest absolute Gasteiger partial charge is 0.332 e. The molecule has 1 aliphatic carbocycles. The van der Waals surface area contributed by atoms with E-state index in [4.69, 9.17) is 0 Å². The molecule has 120 valence electrons. The van der Waals surface area contributed by atoms with Crippen molar-refractivity contribution in [3.8, 4) is 0 Å². The van der Waals surface area contributed by atoms with Gasteiger partial charge in [-0.3, -0.25) is 19.4 Å². The summed E-state index contributed by atoms with van der Waals surface area (Å²) in [6, 6.07) is 6.96. The Morgan fingerprint density at radius 1 is 0.913 bits per heavy atom. The summed E-state index contributed by atoms with van der Waals surface area (Å²) in [4.78, 5) is 40.5. The molecule has 1 heterocycles. The fourth-order valence-corrected chi connectivity index (χ4v) is 3.99. The van der Waals surface area contributed by atoms with E-state index in [1.165, 1.54) is 14.1 Å². The topological polar surface area (TPSA) is 57.7 Å². The zero-order chi connectivity index (χ0) is 16.9. The van der Waals surface area contributed by atoms with Gasteiger partial charge in [-0.25, -0.2) is 4.79 Å². The molecular weight excluding hydrogens is 292 g/mol. The van der Waals surface area contributed by atoms with Crippen LogP contribution in [0.4, 0.5) is 4.79 Å². The molecule has 0 atom stereocenters. The van der Waals surface area contributed by atoms with Crippen molar-refractivity contribution in [3.63, 3.8) is 0 Å². The lowest BCUT2D eigenvalue weighted by Gasteiger charge is -2.41. The van der Waals surface area contributed by atoms with Crippen LogP contribution in [-0.2, 0) is 15.0 Å². The smallest absolute Gasteiger partial charge is 0.272 e. The number of hydrogen-bond acceptors (Lipinski definition) is 3. The molecule has 5 heteroatoms. The Bertz CT molecular complexity index is 739. The van der Waals surface area contributed by atoms with Crippen LogP contribution in [-0.4, -0.2) is 41.7 Å². The Kier molecular flexibility index (Phi) is 3.39. The van der Waals surface area contributed by atoms with Crippen molar-refractivity contribution >= 4 is 23.4 Å². The number of imide groups is 2. The van der Waals surface area contributed by atoms with Gasteiger partial charge in [-0.2, -0.15) is 0 Å². The summed E-state index contributed by atoms with van der Waals surface area (Å²) in [5.41, 5.74) is 2.14. The van der Waals surface area contributed by atoms with Gasteiger partial charge in [0.1, 0.15) is 0 Å². The van der Waals surface area contributed by atoms with Crippen molar-refractivity contribution in [1.29, 1.82) is 0 Å². The second-order valence-corrected chi connectivity index (χ2v) is 5.97. The molecule has 1 aromatic carbocycles. The summed E-state index contributed by atoms with van der Waals surface area (Å²) in [6.07, 6.45) is 1.33. The number of urea groups is 1. The first-order chi connectivity index (χ1) is 10.9. The Balaban J connectivity index is 2.40. The second-order valence-electron chi connectivity index (χ2n) is 5.97. The zero-order valence-corrected chi connectivity index (χ0v) is 13.8. The summed E-state index contributed by atoms with van der Waals surface area (Å²) in [6.45, 7) is 3.98. The fraction of sp³-hybridized carbons (Fsp3) is 0.389. The van der Waals surface area contributed by atoms with Crippen LogP contribution >= 0.6 is 0 Å². The maximum Gasteiger partial charge on any atom is 0.332 e. The first-order valence-corrected chi connectivity index (χ1v) is 7.85. The van der Waals surface area contributed by atoms with Crippen LogP contribution in [0.25, 0.3) is 5.57 Å². The summed E-state index contributed by atoms with van der Waals surface area (Å²) >= 11 is 0. The minimum atomic E-state index is -1.38. The number of rotatable bonds is 2. The Hall–Kier alpha value is -2.43. The van der Waals surface area contributed by atoms with Gasteiger partial charge >= 0.3 is 6.03 Å². The van der Waals surface area contributed by atoms with E-state index in [1.54, 1.807) is 0 Å². The highest BCUT2D eigenvalue weighted by Crippen LogP contribution is 2.51. The maximum atomic E-state index is 13.1. The molecule has 1 aliphatic heterocycles. The number of fused-ring (bicyclic) bond motifs is 2. The highest BCUT2D eigenvalue weighted by Gasteiger charge is 2.61. The standard InChI is InChI=1S/C18H20N2O3/c1-5-11-12-9-7-8-10-14(12)18(13(11)6-2)15(21)19(3)17(23)20(4)16(18)22/h7-10H,5-6H2,1-4H3. The van der Waals surface area contributed by atoms with E-state index in [0.717, 1.165) is 32.9 Å². The molecule has 0 bridgehead atoms. The third-order valence-electron chi connectivity index (χ3n) is 5.00. The molecule has 0 saturated carbocycles. The SMILES string of the molecule is CCC1=C(CC)C2(C(=O)N(C)C(=O)N(C)C2=O)c2ccccc21. The highest BCUT2D eigenvalue weighted by atomic mass is 16.2. The van der Waals surface area contributed by atoms with Gasteiger partial charge in [-0.05, 0) is 35.1 Å². The number of nitrogens with zero attached hydrogens (tertiary/aromatic N) is 2. The van der Waals surface area contributed by atoms with Gasteiger partial charge in [0.2, 0.25) is 0 Å². The van der Waals surface area contributed by atoms with Crippen molar-refractivity contribution in [3.05, 3.63) is 41.0 Å². The predicted molar refractivity (Wildman–Crippen MR) is 86.6 cm³/mol. The molecule has 23 heavy (non-hydrogen) atoms. The molecule has 1 spiro atoms. The quantitative estimate of drug-likeness (QED) is 0.789. The van der Waals surface area contributed by atoms with E-state index < -0.39 is 23.3 Å². The normalized spacial score (nSPS) is 19.9. The average molecular weight is 312 g/mol. The molecule has 5 nitrogen and oxygen atoms in total. The van der Waals surface area contributed by atoms with Crippen LogP contribution in [0.1, 0.15) is 37.8 Å². The summed E-state index contributed by atoms with van der Waals surface area (Å²) in [5.74, 6) is -0.892. The molecule has 1 saturated heterocycles. The monoisotopic (exact) mass is 312 g/mol. The van der Waals surface area contributed by atoms with Crippen molar-refractivity contribution in [1.82, 2.24) is 9.80 Å². The third-order valence-corrected chi connectivity index (χ3v) is 5.00. The van der Waals surface area contributed by atoms with Crippen LogP contribution in [0.5, 0.6) is 0 Å². The summed E-state index contributed by atoms with van der Waals surface area (Å²) in [5, 5.41) is 0. The first kappa shape index (κ1) is 15.5. The van der Waals surface area contributed by atoms with Gasteiger partial charge in [0, 0.05) is 14.1 Å². The number of carbonyl (C=O) groups excluding carboxylic acids is 3. The molecule has 0 N–H and O–H groups in total. The van der Waals surface area contributed by atoms with Crippen molar-refractivity contribution in [2.24, 2.45) is 0 Å². The lowest BCUT2D eigenvalue weighted by atomic mass is 9.72.